The molecule has 28 heavy (non-hydrogen) atoms. The molecule has 7 nitrogen and oxygen atoms in total. The molecule has 2 amide bonds. The van der Waals surface area contributed by atoms with Gasteiger partial charge < -0.3 is 0 Å². The number of nitrogens with one attached hydrogen (secondary N) is 1. The van der Waals surface area contributed by atoms with Gasteiger partial charge in [-0.1, -0.05) is 29.4 Å². The number of carbonyl (C=O) groups excluding carboxylic acids is 2. The predicted octanol–water partition coefficient (Wildman–Crippen LogP) is 4.10. The zero-order chi connectivity index (χ0) is 20.4. The highest BCUT2D eigenvalue weighted by molar-refractivity contribution is 8.26. The van der Waals surface area contributed by atoms with Crippen LogP contribution in [0.25, 0.3) is 6.08 Å². The number of amides is 2. The van der Waals surface area contributed by atoms with Gasteiger partial charge in [-0.25, -0.2) is 0 Å². The first kappa shape index (κ1) is 20.0. The molecular formula is C18H12ClN3O4S2. The second-order valence-corrected chi connectivity index (χ2v) is 7.87. The highest BCUT2D eigenvalue weighted by Gasteiger charge is 2.34. The second-order valence-electron chi connectivity index (χ2n) is 5.79. The van der Waals surface area contributed by atoms with Crippen molar-refractivity contribution in [2.45, 2.75) is 6.92 Å². The number of non-ortho nitro benzene ring substituents is 1. The molecule has 1 heterocycles. The molecule has 10 heteroatoms. The van der Waals surface area contributed by atoms with Crippen molar-refractivity contribution in [1.29, 1.82) is 0 Å². The molecule has 1 aliphatic rings. The van der Waals surface area contributed by atoms with Gasteiger partial charge >= 0.3 is 0 Å². The molecule has 3 rings (SSSR count). The summed E-state index contributed by atoms with van der Waals surface area (Å²) in [4.78, 5) is 35.5. The third kappa shape index (κ3) is 4.22. The lowest BCUT2D eigenvalue weighted by atomic mass is 10.1. The Hall–Kier alpha value is -2.75. The van der Waals surface area contributed by atoms with E-state index in [1.54, 1.807) is 24.3 Å². The zero-order valence-electron chi connectivity index (χ0n) is 14.3. The van der Waals surface area contributed by atoms with E-state index >= 15 is 0 Å². The van der Waals surface area contributed by atoms with Crippen molar-refractivity contribution >= 4 is 63.5 Å². The molecule has 0 bridgehead atoms. The molecule has 1 fully saturated rings. The molecule has 0 saturated carbocycles. The monoisotopic (exact) mass is 433 g/mol. The minimum atomic E-state index is -0.558. The fourth-order valence-electron chi connectivity index (χ4n) is 2.37. The number of hydrazine groups is 1. The Morgan fingerprint density at radius 2 is 1.96 bits per heavy atom. The van der Waals surface area contributed by atoms with Crippen molar-refractivity contribution in [3.63, 3.8) is 0 Å². The second kappa shape index (κ2) is 8.09. The van der Waals surface area contributed by atoms with Gasteiger partial charge in [0.1, 0.15) is 0 Å². The van der Waals surface area contributed by atoms with E-state index < -0.39 is 16.7 Å². The number of halogens is 1. The van der Waals surface area contributed by atoms with E-state index in [1.165, 1.54) is 24.3 Å². The minimum Gasteiger partial charge on any atom is -0.267 e. The van der Waals surface area contributed by atoms with Crippen LogP contribution >= 0.6 is 35.6 Å². The number of hydrogen-bond donors (Lipinski definition) is 1. The first-order chi connectivity index (χ1) is 13.3. The highest BCUT2D eigenvalue weighted by atomic mass is 35.5. The van der Waals surface area contributed by atoms with Crippen molar-refractivity contribution < 1.29 is 14.5 Å². The lowest BCUT2D eigenvalue weighted by Gasteiger charge is -2.16. The van der Waals surface area contributed by atoms with Crippen LogP contribution in [0, 0.1) is 17.0 Å². The number of thiocarbonyl (C=S) groups is 1. The normalized spacial score (nSPS) is 15.2. The van der Waals surface area contributed by atoms with E-state index in [0.717, 1.165) is 22.3 Å². The van der Waals surface area contributed by atoms with Crippen LogP contribution in [0.5, 0.6) is 0 Å². The van der Waals surface area contributed by atoms with Crippen LogP contribution in [-0.2, 0) is 4.79 Å². The number of hydrogen-bond acceptors (Lipinski definition) is 6. The molecule has 0 aromatic heterocycles. The Kier molecular flexibility index (Phi) is 5.78. The van der Waals surface area contributed by atoms with Crippen LogP contribution in [0.15, 0.2) is 47.4 Å². The summed E-state index contributed by atoms with van der Waals surface area (Å²) >= 11 is 12.3. The molecule has 0 spiro atoms. The summed E-state index contributed by atoms with van der Waals surface area (Å²) in [6.45, 7) is 1.85. The summed E-state index contributed by atoms with van der Waals surface area (Å²) in [6, 6.07) is 10.7. The van der Waals surface area contributed by atoms with E-state index in [1.807, 2.05) is 6.92 Å². The molecule has 1 saturated heterocycles. The molecule has 0 atom stereocenters. The Morgan fingerprint density at radius 1 is 1.29 bits per heavy atom. The fraction of sp³-hybridized carbons (Fsp3) is 0.0556. The summed E-state index contributed by atoms with van der Waals surface area (Å²) in [7, 11) is 0. The first-order valence-corrected chi connectivity index (χ1v) is 9.46. The van der Waals surface area contributed by atoms with Crippen LogP contribution < -0.4 is 5.43 Å². The van der Waals surface area contributed by atoms with E-state index in [0.29, 0.717) is 5.56 Å². The zero-order valence-corrected chi connectivity index (χ0v) is 16.7. The van der Waals surface area contributed by atoms with Crippen molar-refractivity contribution in [2.24, 2.45) is 0 Å². The minimum absolute atomic E-state index is 0.0491. The van der Waals surface area contributed by atoms with Gasteiger partial charge in [-0.2, -0.15) is 5.01 Å². The SMILES string of the molecule is Cc1ccc(C(=O)NN2C(=O)/C(=C\c3ccc([N+](=O)[O-])cc3)SC2=S)c(Cl)c1. The van der Waals surface area contributed by atoms with E-state index in [-0.39, 0.29) is 25.5 Å². The lowest BCUT2D eigenvalue weighted by Crippen LogP contribution is -2.44. The summed E-state index contributed by atoms with van der Waals surface area (Å²) in [5.74, 6) is -1.05. The van der Waals surface area contributed by atoms with Gasteiger partial charge in [-0.05, 0) is 60.6 Å². The number of nitrogens with zero attached hydrogens (tertiary/aromatic N) is 2. The first-order valence-electron chi connectivity index (χ1n) is 7.86. The average molecular weight is 434 g/mol. The topological polar surface area (TPSA) is 92.6 Å². The number of nitro benzene ring substituents is 1. The predicted molar refractivity (Wildman–Crippen MR) is 112 cm³/mol. The Labute approximate surface area is 174 Å². The largest absolute Gasteiger partial charge is 0.285 e. The summed E-state index contributed by atoms with van der Waals surface area (Å²) < 4.78 is 0.162. The van der Waals surface area contributed by atoms with Crippen molar-refractivity contribution in [3.05, 3.63) is 79.2 Å². The van der Waals surface area contributed by atoms with Gasteiger partial charge in [0.2, 0.25) is 0 Å². The van der Waals surface area contributed by atoms with Crippen LogP contribution in [0.4, 0.5) is 5.69 Å². The fourth-order valence-corrected chi connectivity index (χ4v) is 3.87. The van der Waals surface area contributed by atoms with Crippen LogP contribution in [0.3, 0.4) is 0 Å². The molecule has 1 aliphatic heterocycles. The number of rotatable bonds is 4. The smallest absolute Gasteiger partial charge is 0.267 e. The standard InChI is InChI=1S/C18H12ClN3O4S2/c1-10-2-7-13(14(19)8-10)16(23)20-21-17(24)15(28-18(21)27)9-11-3-5-12(6-4-11)22(25)26/h2-9H,1H3,(H,20,23)/b15-9+. The molecular weight excluding hydrogens is 422 g/mol. The van der Waals surface area contributed by atoms with Gasteiger partial charge in [-0.15, -0.1) is 0 Å². The molecule has 0 aliphatic carbocycles. The van der Waals surface area contributed by atoms with Crippen molar-refractivity contribution in [1.82, 2.24) is 10.4 Å². The number of aryl methyl sites for hydroxylation is 1. The third-order valence-corrected chi connectivity index (χ3v) is 5.39. The number of carbonyl (C=O) groups is 2. The molecule has 2 aromatic rings. The maximum atomic E-state index is 12.6. The Morgan fingerprint density at radius 3 is 2.57 bits per heavy atom. The van der Waals surface area contributed by atoms with Crippen LogP contribution in [-0.4, -0.2) is 26.1 Å². The Bertz CT molecular complexity index is 1040. The lowest BCUT2D eigenvalue weighted by molar-refractivity contribution is -0.384. The third-order valence-electron chi connectivity index (χ3n) is 3.78. The van der Waals surface area contributed by atoms with Gasteiger partial charge in [0.05, 0.1) is 20.4 Å². The molecule has 1 N–H and O–H groups in total. The van der Waals surface area contributed by atoms with E-state index in [9.17, 15) is 19.7 Å². The van der Waals surface area contributed by atoms with Gasteiger partial charge in [-0.3, -0.25) is 25.1 Å². The molecule has 142 valence electrons. The van der Waals surface area contributed by atoms with Gasteiger partial charge in [0, 0.05) is 12.1 Å². The highest BCUT2D eigenvalue weighted by Crippen LogP contribution is 2.32. The molecule has 2 aromatic carbocycles. The number of thioether (sulfide) groups is 1. The maximum absolute atomic E-state index is 12.6. The van der Waals surface area contributed by atoms with Gasteiger partial charge in [0.25, 0.3) is 17.5 Å². The van der Waals surface area contributed by atoms with E-state index in [4.69, 9.17) is 23.8 Å². The summed E-state index contributed by atoms with van der Waals surface area (Å²) in [6.07, 6.45) is 1.55. The molecule has 0 radical (unpaired) electrons. The average Bonchev–Trinajstić information content (AvgIpc) is 2.89. The quantitative estimate of drug-likeness (QED) is 0.337. The van der Waals surface area contributed by atoms with E-state index in [2.05, 4.69) is 5.43 Å². The summed E-state index contributed by atoms with van der Waals surface area (Å²) in [5.41, 5.74) is 4.13. The Balaban J connectivity index is 1.77. The van der Waals surface area contributed by atoms with Crippen LogP contribution in [0.2, 0.25) is 5.02 Å². The van der Waals surface area contributed by atoms with Crippen molar-refractivity contribution in [2.75, 3.05) is 0 Å². The summed E-state index contributed by atoms with van der Waals surface area (Å²) in [5, 5.41) is 12.0. The van der Waals surface area contributed by atoms with Crippen LogP contribution in [0.1, 0.15) is 21.5 Å². The van der Waals surface area contributed by atoms with Crippen molar-refractivity contribution in [3.8, 4) is 0 Å². The number of benzene rings is 2. The van der Waals surface area contributed by atoms with Gasteiger partial charge in [0.15, 0.2) is 4.32 Å². The number of nitro groups is 1. The molecule has 0 unspecified atom stereocenters. The maximum Gasteiger partial charge on any atom is 0.285 e.